The van der Waals surface area contributed by atoms with E-state index in [9.17, 15) is 4.79 Å². The summed E-state index contributed by atoms with van der Waals surface area (Å²) in [5, 5.41) is 9.01. The minimum absolute atomic E-state index is 0.303. The molecule has 3 aromatic heterocycles. The van der Waals surface area contributed by atoms with Gasteiger partial charge in [-0.25, -0.2) is 0 Å². The van der Waals surface area contributed by atoms with Crippen molar-refractivity contribution in [1.29, 1.82) is 0 Å². The molecule has 0 fully saturated rings. The topological polar surface area (TPSA) is 85.8 Å². The lowest BCUT2D eigenvalue weighted by atomic mass is 10.1. The molecule has 4 aromatic rings. The van der Waals surface area contributed by atoms with Gasteiger partial charge in [0.25, 0.3) is 5.91 Å². The molecule has 3 N–H and O–H groups in total. The maximum absolute atomic E-state index is 12.6. The minimum atomic E-state index is -0.303. The van der Waals surface area contributed by atoms with Crippen LogP contribution >= 0.6 is 11.3 Å². The van der Waals surface area contributed by atoms with Gasteiger partial charge in [0.2, 0.25) is 0 Å². The van der Waals surface area contributed by atoms with Crippen LogP contribution in [0, 0.1) is 0 Å². The number of pyridine rings is 1. The molecule has 7 heteroatoms. The van der Waals surface area contributed by atoms with Crippen LogP contribution in [0.2, 0.25) is 0 Å². The molecule has 1 aromatic carbocycles. The van der Waals surface area contributed by atoms with Crippen LogP contribution < -0.4 is 11.1 Å². The van der Waals surface area contributed by atoms with E-state index in [0.717, 1.165) is 21.6 Å². The van der Waals surface area contributed by atoms with Gasteiger partial charge in [0, 0.05) is 35.4 Å². The number of thiophene rings is 1. The van der Waals surface area contributed by atoms with Crippen molar-refractivity contribution in [3.8, 4) is 21.6 Å². The van der Waals surface area contributed by atoms with Crippen LogP contribution in [-0.4, -0.2) is 20.7 Å². The molecule has 1 amide bonds. The maximum Gasteiger partial charge on any atom is 0.274 e. The molecule has 134 valence electrons. The fourth-order valence-corrected chi connectivity index (χ4v) is 3.44. The molecule has 0 radical (unpaired) electrons. The molecule has 0 bridgehead atoms. The maximum atomic E-state index is 12.6. The summed E-state index contributed by atoms with van der Waals surface area (Å²) in [6.07, 6.45) is 5.32. The number of nitrogens with one attached hydrogen (secondary N) is 1. The molecule has 6 nitrogen and oxygen atoms in total. The Bertz CT molecular complexity index is 1080. The summed E-state index contributed by atoms with van der Waals surface area (Å²) in [5.74, 6) is -0.303. The number of amides is 1. The predicted molar refractivity (Wildman–Crippen MR) is 109 cm³/mol. The molecule has 0 saturated carbocycles. The molecule has 4 rings (SSSR count). The van der Waals surface area contributed by atoms with Crippen molar-refractivity contribution in [2.75, 3.05) is 11.1 Å². The zero-order valence-corrected chi connectivity index (χ0v) is 15.4. The molecule has 0 aliphatic rings. The van der Waals surface area contributed by atoms with Crippen LogP contribution in [0.5, 0.6) is 0 Å². The van der Waals surface area contributed by atoms with E-state index < -0.39 is 0 Å². The molecule has 0 unspecified atom stereocenters. The lowest BCUT2D eigenvalue weighted by Crippen LogP contribution is -2.14. The second-order valence-corrected chi connectivity index (χ2v) is 7.02. The zero-order chi connectivity index (χ0) is 18.8. The van der Waals surface area contributed by atoms with Gasteiger partial charge in [-0.1, -0.05) is 18.2 Å². The first-order valence-corrected chi connectivity index (χ1v) is 9.18. The number of nitrogens with zero attached hydrogens (tertiary/aromatic N) is 3. The van der Waals surface area contributed by atoms with Crippen LogP contribution in [0.15, 0.2) is 66.4 Å². The van der Waals surface area contributed by atoms with Gasteiger partial charge in [-0.05, 0) is 35.2 Å². The standard InChI is InChI=1S/C20H17N5OS/c1-25-12-15(11-23-25)14-5-7-17(22-10-14)20(26)24-18-9-13(4-6-16(18)21)19-3-2-8-27-19/h2-12H,21H2,1H3,(H,24,26). The van der Waals surface area contributed by atoms with E-state index in [-0.39, 0.29) is 5.91 Å². The average molecular weight is 375 g/mol. The Balaban J connectivity index is 1.54. The molecule has 0 aliphatic heterocycles. The summed E-state index contributed by atoms with van der Waals surface area (Å²) >= 11 is 1.63. The van der Waals surface area contributed by atoms with Crippen LogP contribution in [0.1, 0.15) is 10.5 Å². The molecule has 3 heterocycles. The molecular formula is C20H17N5OS. The summed E-state index contributed by atoms with van der Waals surface area (Å²) in [4.78, 5) is 18.0. The Morgan fingerprint density at radius 2 is 1.96 bits per heavy atom. The Hall–Kier alpha value is -3.45. The molecule has 0 saturated heterocycles. The van der Waals surface area contributed by atoms with Gasteiger partial charge in [-0.2, -0.15) is 5.10 Å². The molecule has 0 atom stereocenters. The van der Waals surface area contributed by atoms with Crippen molar-refractivity contribution >= 4 is 28.6 Å². The number of rotatable bonds is 4. The normalized spacial score (nSPS) is 10.7. The third-order valence-corrected chi connectivity index (χ3v) is 5.06. The second-order valence-electron chi connectivity index (χ2n) is 6.07. The van der Waals surface area contributed by atoms with Crippen molar-refractivity contribution in [1.82, 2.24) is 14.8 Å². The van der Waals surface area contributed by atoms with Gasteiger partial charge in [0.05, 0.1) is 17.6 Å². The van der Waals surface area contributed by atoms with Gasteiger partial charge in [-0.3, -0.25) is 14.5 Å². The molecule has 0 aliphatic carbocycles. The van der Waals surface area contributed by atoms with E-state index in [4.69, 9.17) is 5.73 Å². The quantitative estimate of drug-likeness (QED) is 0.527. The fraction of sp³-hybridized carbons (Fsp3) is 0.0500. The van der Waals surface area contributed by atoms with Crippen molar-refractivity contribution in [2.45, 2.75) is 0 Å². The van der Waals surface area contributed by atoms with Gasteiger partial charge < -0.3 is 11.1 Å². The highest BCUT2D eigenvalue weighted by atomic mass is 32.1. The number of benzene rings is 1. The Labute approximate surface area is 160 Å². The van der Waals surface area contributed by atoms with Crippen molar-refractivity contribution in [2.24, 2.45) is 7.05 Å². The van der Waals surface area contributed by atoms with E-state index in [0.29, 0.717) is 17.1 Å². The summed E-state index contributed by atoms with van der Waals surface area (Å²) in [7, 11) is 1.85. The van der Waals surface area contributed by atoms with E-state index in [1.165, 1.54) is 0 Å². The minimum Gasteiger partial charge on any atom is -0.397 e. The lowest BCUT2D eigenvalue weighted by Gasteiger charge is -2.10. The molecular weight excluding hydrogens is 358 g/mol. The van der Waals surface area contributed by atoms with Crippen LogP contribution in [0.25, 0.3) is 21.6 Å². The van der Waals surface area contributed by atoms with Crippen LogP contribution in [0.4, 0.5) is 11.4 Å². The number of hydrogen-bond acceptors (Lipinski definition) is 5. The highest BCUT2D eigenvalue weighted by Gasteiger charge is 2.12. The van der Waals surface area contributed by atoms with Crippen LogP contribution in [-0.2, 0) is 7.05 Å². The lowest BCUT2D eigenvalue weighted by molar-refractivity contribution is 0.102. The predicted octanol–water partition coefficient (Wildman–Crippen LogP) is 4.05. The summed E-state index contributed by atoms with van der Waals surface area (Å²) in [6, 6.07) is 13.2. The summed E-state index contributed by atoms with van der Waals surface area (Å²) in [6.45, 7) is 0. The summed E-state index contributed by atoms with van der Waals surface area (Å²) < 4.78 is 1.72. The van der Waals surface area contributed by atoms with Gasteiger partial charge in [0.15, 0.2) is 0 Å². The smallest absolute Gasteiger partial charge is 0.274 e. The number of nitrogen functional groups attached to an aromatic ring is 1. The summed E-state index contributed by atoms with van der Waals surface area (Å²) in [5.41, 5.74) is 10.3. The number of carbonyl (C=O) groups excluding carboxylic acids is 1. The Morgan fingerprint density at radius 1 is 1.11 bits per heavy atom. The van der Waals surface area contributed by atoms with Gasteiger partial charge in [-0.15, -0.1) is 11.3 Å². The highest BCUT2D eigenvalue weighted by Crippen LogP contribution is 2.30. The number of carbonyl (C=O) groups is 1. The first-order valence-electron chi connectivity index (χ1n) is 8.30. The SMILES string of the molecule is Cn1cc(-c2ccc(C(=O)Nc3cc(-c4cccs4)ccc3N)nc2)cn1. The Morgan fingerprint density at radius 3 is 2.63 bits per heavy atom. The second kappa shape index (κ2) is 7.05. The van der Waals surface area contributed by atoms with Crippen molar-refractivity contribution < 1.29 is 4.79 Å². The van der Waals surface area contributed by atoms with E-state index in [1.807, 2.05) is 49.0 Å². The first-order chi connectivity index (χ1) is 13.1. The van der Waals surface area contributed by atoms with Crippen molar-refractivity contribution in [3.05, 3.63) is 72.1 Å². The highest BCUT2D eigenvalue weighted by molar-refractivity contribution is 7.13. The Kier molecular flexibility index (Phi) is 4.43. The van der Waals surface area contributed by atoms with Crippen molar-refractivity contribution in [3.63, 3.8) is 0 Å². The number of hydrogen-bond donors (Lipinski definition) is 2. The molecule has 0 spiro atoms. The zero-order valence-electron chi connectivity index (χ0n) is 14.6. The molecule has 27 heavy (non-hydrogen) atoms. The average Bonchev–Trinajstić information content (AvgIpc) is 3.35. The first kappa shape index (κ1) is 17.0. The van der Waals surface area contributed by atoms with E-state index >= 15 is 0 Å². The monoisotopic (exact) mass is 375 g/mol. The number of anilines is 2. The third-order valence-electron chi connectivity index (χ3n) is 4.14. The largest absolute Gasteiger partial charge is 0.397 e. The fourth-order valence-electron chi connectivity index (χ4n) is 2.72. The van der Waals surface area contributed by atoms with E-state index in [1.54, 1.807) is 40.5 Å². The third kappa shape index (κ3) is 3.58. The van der Waals surface area contributed by atoms with Gasteiger partial charge >= 0.3 is 0 Å². The van der Waals surface area contributed by atoms with E-state index in [2.05, 4.69) is 15.4 Å². The number of aryl methyl sites for hydroxylation is 1. The number of aromatic nitrogens is 3. The van der Waals surface area contributed by atoms with Gasteiger partial charge in [0.1, 0.15) is 5.69 Å². The van der Waals surface area contributed by atoms with Crippen LogP contribution in [0.3, 0.4) is 0 Å². The number of nitrogens with two attached hydrogens (primary N) is 1.